The number of ether oxygens (including phenoxy) is 1. The van der Waals surface area contributed by atoms with E-state index in [-0.39, 0.29) is 0 Å². The molecule has 0 radical (unpaired) electrons. The topological polar surface area (TPSA) is 24.5 Å². The lowest BCUT2D eigenvalue weighted by Crippen LogP contribution is -2.35. The van der Waals surface area contributed by atoms with E-state index in [0.29, 0.717) is 6.04 Å². The SMILES string of the molecule is CCCNC(CN(C)CCOC)c1ccccc1C. The first kappa shape index (κ1) is 16.2. The third-order valence-electron chi connectivity index (χ3n) is 3.38. The Balaban J connectivity index is 2.69. The second-order valence-electron chi connectivity index (χ2n) is 5.12. The van der Waals surface area contributed by atoms with E-state index in [1.165, 1.54) is 11.1 Å². The third-order valence-corrected chi connectivity index (χ3v) is 3.38. The molecule has 0 amide bonds. The zero-order chi connectivity index (χ0) is 14.1. The molecule has 1 aromatic carbocycles. The van der Waals surface area contributed by atoms with Gasteiger partial charge in [-0.2, -0.15) is 0 Å². The Morgan fingerprint density at radius 2 is 2.05 bits per heavy atom. The monoisotopic (exact) mass is 264 g/mol. The Morgan fingerprint density at radius 1 is 1.32 bits per heavy atom. The van der Waals surface area contributed by atoms with Crippen LogP contribution in [0.5, 0.6) is 0 Å². The highest BCUT2D eigenvalue weighted by molar-refractivity contribution is 5.29. The van der Waals surface area contributed by atoms with Crippen LogP contribution in [0.4, 0.5) is 0 Å². The van der Waals surface area contributed by atoms with Crippen molar-refractivity contribution in [2.75, 3.05) is 40.4 Å². The molecule has 0 saturated heterocycles. The minimum absolute atomic E-state index is 0.392. The van der Waals surface area contributed by atoms with Crippen LogP contribution in [0.15, 0.2) is 24.3 Å². The third kappa shape index (κ3) is 5.72. The largest absolute Gasteiger partial charge is 0.383 e. The smallest absolute Gasteiger partial charge is 0.0589 e. The molecule has 3 nitrogen and oxygen atoms in total. The van der Waals surface area contributed by atoms with Crippen LogP contribution in [0.3, 0.4) is 0 Å². The lowest BCUT2D eigenvalue weighted by Gasteiger charge is -2.26. The van der Waals surface area contributed by atoms with Crippen molar-refractivity contribution in [2.24, 2.45) is 0 Å². The fraction of sp³-hybridized carbons (Fsp3) is 0.625. The molecular weight excluding hydrogens is 236 g/mol. The van der Waals surface area contributed by atoms with Crippen LogP contribution in [-0.2, 0) is 4.74 Å². The highest BCUT2D eigenvalue weighted by Crippen LogP contribution is 2.18. The summed E-state index contributed by atoms with van der Waals surface area (Å²) in [4.78, 5) is 2.32. The van der Waals surface area contributed by atoms with Crippen molar-refractivity contribution >= 4 is 0 Å². The summed E-state index contributed by atoms with van der Waals surface area (Å²) < 4.78 is 5.14. The van der Waals surface area contributed by atoms with Gasteiger partial charge in [0.25, 0.3) is 0 Å². The molecule has 0 aliphatic rings. The van der Waals surface area contributed by atoms with Crippen molar-refractivity contribution in [2.45, 2.75) is 26.3 Å². The van der Waals surface area contributed by atoms with Gasteiger partial charge in [0.2, 0.25) is 0 Å². The number of nitrogens with zero attached hydrogens (tertiary/aromatic N) is 1. The first-order valence-electron chi connectivity index (χ1n) is 7.15. The number of hydrogen-bond donors (Lipinski definition) is 1. The summed E-state index contributed by atoms with van der Waals surface area (Å²) in [6.45, 7) is 8.20. The molecule has 0 aromatic heterocycles. The van der Waals surface area contributed by atoms with Crippen molar-refractivity contribution in [1.29, 1.82) is 0 Å². The number of aryl methyl sites for hydroxylation is 1. The van der Waals surface area contributed by atoms with Crippen molar-refractivity contribution < 1.29 is 4.74 Å². The zero-order valence-corrected chi connectivity index (χ0v) is 12.8. The molecule has 3 heteroatoms. The van der Waals surface area contributed by atoms with Gasteiger partial charge in [-0.15, -0.1) is 0 Å². The maximum Gasteiger partial charge on any atom is 0.0589 e. The van der Waals surface area contributed by atoms with Gasteiger partial charge < -0.3 is 15.0 Å². The van der Waals surface area contributed by atoms with Crippen LogP contribution < -0.4 is 5.32 Å². The minimum atomic E-state index is 0.392. The van der Waals surface area contributed by atoms with Crippen molar-refractivity contribution in [3.05, 3.63) is 35.4 Å². The molecule has 108 valence electrons. The summed E-state index contributed by atoms with van der Waals surface area (Å²) >= 11 is 0. The van der Waals surface area contributed by atoms with Gasteiger partial charge in [-0.3, -0.25) is 0 Å². The van der Waals surface area contributed by atoms with Gasteiger partial charge in [0.1, 0.15) is 0 Å². The molecule has 0 fully saturated rings. The molecule has 1 unspecified atom stereocenters. The van der Waals surface area contributed by atoms with E-state index in [9.17, 15) is 0 Å². The molecule has 1 atom stereocenters. The van der Waals surface area contributed by atoms with Gasteiger partial charge in [0.15, 0.2) is 0 Å². The van der Waals surface area contributed by atoms with Crippen molar-refractivity contribution in [1.82, 2.24) is 10.2 Å². The Bertz CT molecular complexity index is 354. The van der Waals surface area contributed by atoms with Gasteiger partial charge in [-0.25, -0.2) is 0 Å². The predicted octanol–water partition coefficient (Wildman–Crippen LogP) is 2.61. The van der Waals surface area contributed by atoms with Crippen molar-refractivity contribution in [3.63, 3.8) is 0 Å². The van der Waals surface area contributed by atoms with E-state index in [2.05, 4.69) is 55.4 Å². The van der Waals surface area contributed by atoms with Gasteiger partial charge >= 0.3 is 0 Å². The fourth-order valence-electron chi connectivity index (χ4n) is 2.22. The van der Waals surface area contributed by atoms with E-state index in [1.54, 1.807) is 7.11 Å². The molecule has 19 heavy (non-hydrogen) atoms. The average molecular weight is 264 g/mol. The molecule has 1 N–H and O–H groups in total. The number of hydrogen-bond acceptors (Lipinski definition) is 3. The minimum Gasteiger partial charge on any atom is -0.383 e. The van der Waals surface area contributed by atoms with Crippen LogP contribution in [0.2, 0.25) is 0 Å². The highest BCUT2D eigenvalue weighted by Gasteiger charge is 2.14. The number of benzene rings is 1. The average Bonchev–Trinajstić information content (AvgIpc) is 2.42. The van der Waals surface area contributed by atoms with Crippen LogP contribution >= 0.6 is 0 Å². The van der Waals surface area contributed by atoms with Gasteiger partial charge in [-0.1, -0.05) is 31.2 Å². The lowest BCUT2D eigenvalue weighted by atomic mass is 10.0. The van der Waals surface area contributed by atoms with Crippen LogP contribution in [0.1, 0.15) is 30.5 Å². The Morgan fingerprint density at radius 3 is 2.68 bits per heavy atom. The summed E-state index contributed by atoms with van der Waals surface area (Å²) in [6.07, 6.45) is 1.16. The summed E-state index contributed by atoms with van der Waals surface area (Å²) in [5, 5.41) is 3.65. The molecule has 0 heterocycles. The Hall–Kier alpha value is -0.900. The molecule has 0 aliphatic heterocycles. The number of rotatable bonds is 9. The second kappa shape index (κ2) is 9.08. The fourth-order valence-corrected chi connectivity index (χ4v) is 2.22. The van der Waals surface area contributed by atoms with E-state index in [0.717, 1.165) is 32.7 Å². The Kier molecular flexibility index (Phi) is 7.72. The van der Waals surface area contributed by atoms with Crippen LogP contribution in [0, 0.1) is 6.92 Å². The van der Waals surface area contributed by atoms with E-state index >= 15 is 0 Å². The first-order chi connectivity index (χ1) is 9.19. The number of likely N-dealkylation sites (N-methyl/N-ethyl adjacent to an activating group) is 1. The highest BCUT2D eigenvalue weighted by atomic mass is 16.5. The second-order valence-corrected chi connectivity index (χ2v) is 5.12. The lowest BCUT2D eigenvalue weighted by molar-refractivity contribution is 0.155. The van der Waals surface area contributed by atoms with Gasteiger partial charge in [-0.05, 0) is 38.1 Å². The summed E-state index contributed by atoms with van der Waals surface area (Å²) in [5.41, 5.74) is 2.76. The summed E-state index contributed by atoms with van der Waals surface area (Å²) in [6, 6.07) is 9.03. The molecule has 1 aromatic rings. The zero-order valence-electron chi connectivity index (χ0n) is 12.8. The quantitative estimate of drug-likeness (QED) is 0.742. The van der Waals surface area contributed by atoms with Gasteiger partial charge in [0, 0.05) is 26.2 Å². The molecule has 0 bridgehead atoms. The van der Waals surface area contributed by atoms with Gasteiger partial charge in [0.05, 0.1) is 6.61 Å². The Labute approximate surface area is 118 Å². The summed E-state index contributed by atoms with van der Waals surface area (Å²) in [5.74, 6) is 0. The first-order valence-corrected chi connectivity index (χ1v) is 7.15. The van der Waals surface area contributed by atoms with E-state index in [1.807, 2.05) is 0 Å². The van der Waals surface area contributed by atoms with E-state index < -0.39 is 0 Å². The normalized spacial score (nSPS) is 12.9. The summed E-state index contributed by atoms with van der Waals surface area (Å²) in [7, 11) is 3.90. The molecule has 0 saturated carbocycles. The van der Waals surface area contributed by atoms with Crippen molar-refractivity contribution in [3.8, 4) is 0 Å². The molecule has 0 spiro atoms. The number of methoxy groups -OCH3 is 1. The number of nitrogens with one attached hydrogen (secondary N) is 1. The molecule has 1 rings (SSSR count). The van der Waals surface area contributed by atoms with Crippen LogP contribution in [0.25, 0.3) is 0 Å². The maximum atomic E-state index is 5.14. The van der Waals surface area contributed by atoms with Crippen LogP contribution in [-0.4, -0.2) is 45.3 Å². The molecule has 0 aliphatic carbocycles. The standard InChI is InChI=1S/C16H28N2O/c1-5-10-17-16(13-18(3)11-12-19-4)15-9-7-6-8-14(15)2/h6-9,16-17H,5,10-13H2,1-4H3. The predicted molar refractivity (Wildman–Crippen MR) is 81.6 cm³/mol. The molecular formula is C16H28N2O. The maximum absolute atomic E-state index is 5.14. The van der Waals surface area contributed by atoms with E-state index in [4.69, 9.17) is 4.74 Å².